The number of carbonyl (C=O) groups is 1. The molecule has 2 aromatic rings. The molecule has 0 amide bonds. The van der Waals surface area contributed by atoms with Gasteiger partial charge in [-0.3, -0.25) is 4.79 Å². The first kappa shape index (κ1) is 13.0. The van der Waals surface area contributed by atoms with E-state index in [1.807, 2.05) is 29.9 Å². The molecule has 0 unspecified atom stereocenters. The maximum atomic E-state index is 11.9. The van der Waals surface area contributed by atoms with Gasteiger partial charge in [-0.25, -0.2) is 0 Å². The maximum Gasteiger partial charge on any atom is 0.189 e. The van der Waals surface area contributed by atoms with Crippen LogP contribution in [0.3, 0.4) is 0 Å². The van der Waals surface area contributed by atoms with E-state index < -0.39 is 0 Å². The first-order chi connectivity index (χ1) is 8.66. The molecule has 1 heterocycles. The summed E-state index contributed by atoms with van der Waals surface area (Å²) in [5, 5.41) is 0. The summed E-state index contributed by atoms with van der Waals surface area (Å²) in [6.07, 6.45) is 1.90. The standard InChI is InChI=1S/C15H17NOS/c1-12-5-3-6-13(9-12)10-18-11-15(17)14-7-4-8-16(14)2/h3-9H,10-11H2,1-2H3. The summed E-state index contributed by atoms with van der Waals surface area (Å²) >= 11 is 1.67. The van der Waals surface area contributed by atoms with Gasteiger partial charge in [0.15, 0.2) is 5.78 Å². The van der Waals surface area contributed by atoms with Crippen molar-refractivity contribution >= 4 is 17.5 Å². The molecule has 0 aliphatic carbocycles. The Morgan fingerprint density at radius 1 is 1.28 bits per heavy atom. The zero-order valence-electron chi connectivity index (χ0n) is 10.7. The van der Waals surface area contributed by atoms with E-state index in [1.165, 1.54) is 11.1 Å². The Labute approximate surface area is 112 Å². The number of Topliss-reactive ketones (excluding diaryl/α,β-unsaturated/α-hetero) is 1. The molecule has 3 heteroatoms. The molecule has 0 saturated carbocycles. The molecule has 0 bridgehead atoms. The van der Waals surface area contributed by atoms with Gasteiger partial charge in [0, 0.05) is 19.0 Å². The average Bonchev–Trinajstić information content (AvgIpc) is 2.75. The average molecular weight is 259 g/mol. The molecule has 0 aliphatic rings. The number of benzene rings is 1. The Kier molecular flexibility index (Phi) is 4.26. The molecule has 0 atom stereocenters. The van der Waals surface area contributed by atoms with Crippen molar-refractivity contribution in [1.29, 1.82) is 0 Å². The molecule has 94 valence electrons. The van der Waals surface area contributed by atoms with Crippen LogP contribution < -0.4 is 0 Å². The van der Waals surface area contributed by atoms with Crippen LogP contribution in [0, 0.1) is 6.92 Å². The number of nitrogens with zero attached hydrogens (tertiary/aromatic N) is 1. The number of hydrogen-bond donors (Lipinski definition) is 0. The van der Waals surface area contributed by atoms with Crippen molar-refractivity contribution in [3.8, 4) is 0 Å². The van der Waals surface area contributed by atoms with E-state index in [2.05, 4.69) is 31.2 Å². The van der Waals surface area contributed by atoms with Crippen LogP contribution in [-0.4, -0.2) is 16.1 Å². The van der Waals surface area contributed by atoms with Crippen molar-refractivity contribution in [1.82, 2.24) is 4.57 Å². The summed E-state index contributed by atoms with van der Waals surface area (Å²) in [6, 6.07) is 12.2. The minimum Gasteiger partial charge on any atom is -0.348 e. The number of thioether (sulfide) groups is 1. The van der Waals surface area contributed by atoms with E-state index in [4.69, 9.17) is 0 Å². The minimum absolute atomic E-state index is 0.195. The van der Waals surface area contributed by atoms with Crippen LogP contribution in [0.4, 0.5) is 0 Å². The van der Waals surface area contributed by atoms with E-state index in [1.54, 1.807) is 11.8 Å². The Morgan fingerprint density at radius 3 is 2.78 bits per heavy atom. The molecule has 0 saturated heterocycles. The van der Waals surface area contributed by atoms with Gasteiger partial charge in [0.25, 0.3) is 0 Å². The highest BCUT2D eigenvalue weighted by molar-refractivity contribution is 7.99. The number of aryl methyl sites for hydroxylation is 2. The number of carbonyl (C=O) groups excluding carboxylic acids is 1. The van der Waals surface area contributed by atoms with Gasteiger partial charge in [-0.05, 0) is 24.6 Å². The molecule has 18 heavy (non-hydrogen) atoms. The van der Waals surface area contributed by atoms with Gasteiger partial charge in [-0.1, -0.05) is 29.8 Å². The smallest absolute Gasteiger partial charge is 0.189 e. The molecular formula is C15H17NOS. The third-order valence-corrected chi connectivity index (χ3v) is 3.82. The highest BCUT2D eigenvalue weighted by Gasteiger charge is 2.08. The lowest BCUT2D eigenvalue weighted by molar-refractivity contribution is 0.101. The second kappa shape index (κ2) is 5.91. The fourth-order valence-corrected chi connectivity index (χ4v) is 2.74. The van der Waals surface area contributed by atoms with Crippen LogP contribution in [-0.2, 0) is 12.8 Å². The summed E-state index contributed by atoms with van der Waals surface area (Å²) in [5.74, 6) is 1.61. The highest BCUT2D eigenvalue weighted by atomic mass is 32.2. The monoisotopic (exact) mass is 259 g/mol. The topological polar surface area (TPSA) is 22.0 Å². The highest BCUT2D eigenvalue weighted by Crippen LogP contribution is 2.15. The van der Waals surface area contributed by atoms with Gasteiger partial charge < -0.3 is 4.57 Å². The van der Waals surface area contributed by atoms with E-state index in [0.717, 1.165) is 11.4 Å². The van der Waals surface area contributed by atoms with Crippen LogP contribution in [0.5, 0.6) is 0 Å². The Hall–Kier alpha value is -1.48. The van der Waals surface area contributed by atoms with Gasteiger partial charge in [0.1, 0.15) is 0 Å². The third kappa shape index (κ3) is 3.26. The van der Waals surface area contributed by atoms with Crippen molar-refractivity contribution in [3.63, 3.8) is 0 Å². The molecule has 0 radical (unpaired) electrons. The van der Waals surface area contributed by atoms with Gasteiger partial charge in [0.2, 0.25) is 0 Å². The number of hydrogen-bond acceptors (Lipinski definition) is 2. The van der Waals surface area contributed by atoms with Crippen molar-refractivity contribution in [2.75, 3.05) is 5.75 Å². The molecule has 2 nitrogen and oxygen atoms in total. The molecule has 0 fully saturated rings. The quantitative estimate of drug-likeness (QED) is 0.767. The normalized spacial score (nSPS) is 10.6. The lowest BCUT2D eigenvalue weighted by atomic mass is 10.2. The second-order valence-electron chi connectivity index (χ2n) is 4.41. The van der Waals surface area contributed by atoms with Crippen LogP contribution in [0.15, 0.2) is 42.6 Å². The lowest BCUT2D eigenvalue weighted by Crippen LogP contribution is -2.07. The molecule has 1 aromatic heterocycles. The number of ketones is 1. The fraction of sp³-hybridized carbons (Fsp3) is 0.267. The Morgan fingerprint density at radius 2 is 2.11 bits per heavy atom. The van der Waals surface area contributed by atoms with E-state index in [-0.39, 0.29) is 5.78 Å². The van der Waals surface area contributed by atoms with Crippen LogP contribution >= 0.6 is 11.8 Å². The molecule has 0 aliphatic heterocycles. The lowest BCUT2D eigenvalue weighted by Gasteiger charge is -2.04. The Balaban J connectivity index is 1.86. The van der Waals surface area contributed by atoms with Crippen LogP contribution in [0.1, 0.15) is 21.6 Å². The first-order valence-electron chi connectivity index (χ1n) is 5.94. The fourth-order valence-electron chi connectivity index (χ4n) is 1.89. The molecular weight excluding hydrogens is 242 g/mol. The van der Waals surface area contributed by atoms with Gasteiger partial charge in [-0.2, -0.15) is 0 Å². The molecule has 1 aromatic carbocycles. The van der Waals surface area contributed by atoms with Crippen molar-refractivity contribution in [2.45, 2.75) is 12.7 Å². The number of rotatable bonds is 5. The van der Waals surface area contributed by atoms with Crippen molar-refractivity contribution in [3.05, 3.63) is 59.4 Å². The maximum absolute atomic E-state index is 11.9. The zero-order valence-corrected chi connectivity index (χ0v) is 11.5. The first-order valence-corrected chi connectivity index (χ1v) is 7.10. The number of aromatic nitrogens is 1. The van der Waals surface area contributed by atoms with Crippen LogP contribution in [0.2, 0.25) is 0 Å². The predicted molar refractivity (Wildman–Crippen MR) is 77.1 cm³/mol. The van der Waals surface area contributed by atoms with E-state index in [0.29, 0.717) is 5.75 Å². The van der Waals surface area contributed by atoms with E-state index >= 15 is 0 Å². The summed E-state index contributed by atoms with van der Waals surface area (Å²) in [4.78, 5) is 11.9. The molecule has 0 N–H and O–H groups in total. The SMILES string of the molecule is Cc1cccc(CSCC(=O)c2cccn2C)c1. The summed E-state index contributed by atoms with van der Waals surface area (Å²) < 4.78 is 1.87. The summed E-state index contributed by atoms with van der Waals surface area (Å²) in [5.41, 5.74) is 3.33. The van der Waals surface area contributed by atoms with Crippen molar-refractivity contribution < 1.29 is 4.79 Å². The summed E-state index contributed by atoms with van der Waals surface area (Å²) in [6.45, 7) is 2.09. The molecule has 0 spiro atoms. The van der Waals surface area contributed by atoms with E-state index in [9.17, 15) is 4.79 Å². The van der Waals surface area contributed by atoms with Gasteiger partial charge >= 0.3 is 0 Å². The predicted octanol–water partition coefficient (Wildman–Crippen LogP) is 3.45. The third-order valence-electron chi connectivity index (χ3n) is 2.81. The Bertz CT molecular complexity index is 545. The van der Waals surface area contributed by atoms with Crippen LogP contribution in [0.25, 0.3) is 0 Å². The minimum atomic E-state index is 0.195. The van der Waals surface area contributed by atoms with Gasteiger partial charge in [-0.15, -0.1) is 11.8 Å². The second-order valence-corrected chi connectivity index (χ2v) is 5.39. The molecule has 2 rings (SSSR count). The van der Waals surface area contributed by atoms with Gasteiger partial charge in [0.05, 0.1) is 11.4 Å². The zero-order chi connectivity index (χ0) is 13.0. The summed E-state index contributed by atoms with van der Waals surface area (Å²) in [7, 11) is 1.90. The van der Waals surface area contributed by atoms with Crippen molar-refractivity contribution in [2.24, 2.45) is 7.05 Å². The largest absolute Gasteiger partial charge is 0.348 e.